The van der Waals surface area contributed by atoms with Gasteiger partial charge in [0.05, 0.1) is 24.2 Å². The maximum absolute atomic E-state index is 13.1. The summed E-state index contributed by atoms with van der Waals surface area (Å²) < 4.78 is 14.9. The minimum Gasteiger partial charge on any atom is -0.444 e. The molecule has 4 fully saturated rings. The summed E-state index contributed by atoms with van der Waals surface area (Å²) in [6.07, 6.45) is 5.66. The zero-order valence-corrected chi connectivity index (χ0v) is 24.3. The molecule has 6 atom stereocenters. The van der Waals surface area contributed by atoms with Crippen molar-refractivity contribution in [3.63, 3.8) is 0 Å². The fourth-order valence-corrected chi connectivity index (χ4v) is 8.25. The molecule has 4 aliphatic rings. The van der Waals surface area contributed by atoms with Crippen LogP contribution < -0.4 is 0 Å². The molecule has 3 aromatic rings. The first-order valence-electron chi connectivity index (χ1n) is 15.1. The van der Waals surface area contributed by atoms with Gasteiger partial charge in [-0.15, -0.1) is 0 Å². The normalized spacial score (nSPS) is 33.1. The van der Waals surface area contributed by atoms with Gasteiger partial charge in [-0.3, -0.25) is 4.90 Å². The van der Waals surface area contributed by atoms with Crippen molar-refractivity contribution in [1.29, 1.82) is 0 Å². The first kappa shape index (κ1) is 26.0. The van der Waals surface area contributed by atoms with Gasteiger partial charge in [-0.05, 0) is 83.4 Å². The Morgan fingerprint density at radius 3 is 2.62 bits per heavy atom. The maximum Gasteiger partial charge on any atom is 0.410 e. The van der Waals surface area contributed by atoms with E-state index in [0.29, 0.717) is 37.3 Å². The molecule has 0 bridgehead atoms. The molecule has 7 nitrogen and oxygen atoms in total. The molecule has 212 valence electrons. The van der Waals surface area contributed by atoms with Crippen LogP contribution in [-0.2, 0) is 15.1 Å². The van der Waals surface area contributed by atoms with E-state index in [1.165, 1.54) is 31.2 Å². The Kier molecular flexibility index (Phi) is 6.06. The lowest BCUT2D eigenvalue weighted by Gasteiger charge is -2.45. The van der Waals surface area contributed by atoms with Gasteiger partial charge in [-0.2, -0.15) is 0 Å². The van der Waals surface area contributed by atoms with Crippen LogP contribution in [0.15, 0.2) is 54.6 Å². The van der Waals surface area contributed by atoms with Crippen LogP contribution in [0.4, 0.5) is 4.79 Å². The van der Waals surface area contributed by atoms with Gasteiger partial charge in [0.1, 0.15) is 17.0 Å². The number of fused-ring (bicyclic) bond motifs is 1. The summed E-state index contributed by atoms with van der Waals surface area (Å²) in [6.45, 7) is 10.5. The molecule has 7 heteroatoms. The Hall–Kier alpha value is -2.90. The van der Waals surface area contributed by atoms with E-state index in [0.717, 1.165) is 35.8 Å². The number of amides is 1. The lowest BCUT2D eigenvalue weighted by molar-refractivity contribution is -0.120. The summed E-state index contributed by atoms with van der Waals surface area (Å²) in [5, 5.41) is 0. The number of ether oxygens (including phenoxy) is 2. The van der Waals surface area contributed by atoms with Gasteiger partial charge in [0, 0.05) is 30.7 Å². The van der Waals surface area contributed by atoms with Gasteiger partial charge in [-0.25, -0.2) is 9.78 Å². The summed E-state index contributed by atoms with van der Waals surface area (Å²) in [5.41, 5.74) is 2.84. The predicted molar refractivity (Wildman–Crippen MR) is 155 cm³/mol. The molecule has 7 rings (SSSR count). The van der Waals surface area contributed by atoms with Crippen molar-refractivity contribution in [2.75, 3.05) is 26.2 Å². The van der Waals surface area contributed by atoms with Crippen LogP contribution in [0.2, 0.25) is 0 Å². The number of morpholine rings is 1. The number of hydrogen-bond acceptors (Lipinski definition) is 5. The summed E-state index contributed by atoms with van der Waals surface area (Å²) in [6, 6.07) is 20.2. The standard InChI is InChI=1S/C33H42N4O3/c1-23-34-27-12-8-9-13-28(27)37(23)26-20-25-14-15-33(25)29(21-26)36(33)17-16-32(24-10-6-5-7-11-24)22-35(18-19-39-32)30(38)40-31(2,3)4/h5-13,25-26,29H,14-22H2,1-4H3/t25-,26+,29-,32?,33?,36?/m0/s1. The molecule has 2 aliphatic carbocycles. The minimum absolute atomic E-state index is 0.250. The fraction of sp³-hybridized carbons (Fsp3) is 0.576. The number of nitrogens with zero attached hydrogens (tertiary/aromatic N) is 4. The zero-order chi connectivity index (χ0) is 27.7. The van der Waals surface area contributed by atoms with Crippen LogP contribution in [0.1, 0.15) is 70.3 Å². The SMILES string of the molecule is Cc1nc2ccccc2n1[C@@H]1C[C@@H]2CCC23[C@H](C1)N3CCC1(c2ccccc2)CN(C(=O)OC(C)(C)C)CCO1. The van der Waals surface area contributed by atoms with Crippen molar-refractivity contribution in [2.45, 2.75) is 88.6 Å². The van der Waals surface area contributed by atoms with Crippen molar-refractivity contribution in [1.82, 2.24) is 19.4 Å². The Bertz CT molecular complexity index is 1410. The van der Waals surface area contributed by atoms with E-state index in [1.54, 1.807) is 0 Å². The molecule has 40 heavy (non-hydrogen) atoms. The lowest BCUT2D eigenvalue weighted by atomic mass is 9.63. The topological polar surface area (TPSA) is 59.6 Å². The number of imidazole rings is 1. The van der Waals surface area contributed by atoms with Gasteiger partial charge < -0.3 is 18.9 Å². The third-order valence-electron chi connectivity index (χ3n) is 10.1. The molecule has 0 N–H and O–H groups in total. The first-order chi connectivity index (χ1) is 19.2. The molecule has 3 unspecified atom stereocenters. The fourth-order valence-electron chi connectivity index (χ4n) is 8.25. The molecule has 1 spiro atoms. The highest BCUT2D eigenvalue weighted by atomic mass is 16.6. The van der Waals surface area contributed by atoms with Crippen LogP contribution in [-0.4, -0.2) is 68.9 Å². The zero-order valence-electron chi connectivity index (χ0n) is 24.3. The second kappa shape index (κ2) is 9.31. The predicted octanol–water partition coefficient (Wildman–Crippen LogP) is 6.07. The summed E-state index contributed by atoms with van der Waals surface area (Å²) >= 11 is 0. The van der Waals surface area contributed by atoms with Crippen LogP contribution in [0.25, 0.3) is 11.0 Å². The lowest BCUT2D eigenvalue weighted by Crippen LogP contribution is -2.53. The Labute approximate surface area is 237 Å². The Morgan fingerprint density at radius 2 is 1.88 bits per heavy atom. The van der Waals surface area contributed by atoms with E-state index in [-0.39, 0.29) is 6.09 Å². The second-order valence-electron chi connectivity index (χ2n) is 13.4. The summed E-state index contributed by atoms with van der Waals surface area (Å²) in [7, 11) is 0. The van der Waals surface area contributed by atoms with Crippen molar-refractivity contribution in [3.8, 4) is 0 Å². The van der Waals surface area contributed by atoms with E-state index in [9.17, 15) is 4.79 Å². The van der Waals surface area contributed by atoms with Gasteiger partial charge in [0.25, 0.3) is 0 Å². The van der Waals surface area contributed by atoms with Crippen molar-refractivity contribution < 1.29 is 14.3 Å². The first-order valence-corrected chi connectivity index (χ1v) is 15.1. The third-order valence-corrected chi connectivity index (χ3v) is 10.1. The van der Waals surface area contributed by atoms with Gasteiger partial charge >= 0.3 is 6.09 Å². The Balaban J connectivity index is 1.11. The highest BCUT2D eigenvalue weighted by Crippen LogP contribution is 2.66. The van der Waals surface area contributed by atoms with Gasteiger partial charge in [0.2, 0.25) is 0 Å². The van der Waals surface area contributed by atoms with Crippen LogP contribution in [0.5, 0.6) is 0 Å². The molecule has 2 saturated carbocycles. The molecule has 0 radical (unpaired) electrons. The number of likely N-dealkylation sites (tertiary alicyclic amines) is 1. The average molecular weight is 543 g/mol. The Morgan fingerprint density at radius 1 is 1.10 bits per heavy atom. The van der Waals surface area contributed by atoms with Gasteiger partial charge in [-0.1, -0.05) is 42.5 Å². The van der Waals surface area contributed by atoms with Crippen molar-refractivity contribution in [2.24, 2.45) is 5.92 Å². The number of hydrogen-bond donors (Lipinski definition) is 0. The summed E-state index contributed by atoms with van der Waals surface area (Å²) in [5.74, 6) is 1.88. The number of carbonyl (C=O) groups excluding carboxylic acids is 1. The number of aromatic nitrogens is 2. The second-order valence-corrected chi connectivity index (χ2v) is 13.4. The number of aryl methyl sites for hydroxylation is 1. The minimum atomic E-state index is -0.533. The average Bonchev–Trinajstić information content (AvgIpc) is 3.48. The van der Waals surface area contributed by atoms with Crippen LogP contribution in [0.3, 0.4) is 0 Å². The quantitative estimate of drug-likeness (QED) is 0.367. The molecular weight excluding hydrogens is 500 g/mol. The molecule has 1 aromatic heterocycles. The van der Waals surface area contributed by atoms with E-state index in [2.05, 4.69) is 64.9 Å². The molecule has 2 aliphatic heterocycles. The molecule has 2 saturated heterocycles. The smallest absolute Gasteiger partial charge is 0.410 e. The molecule has 1 amide bonds. The van der Waals surface area contributed by atoms with E-state index >= 15 is 0 Å². The van der Waals surface area contributed by atoms with Crippen LogP contribution in [0, 0.1) is 12.8 Å². The number of para-hydroxylation sites is 2. The third kappa shape index (κ3) is 4.16. The van der Waals surface area contributed by atoms with E-state index in [4.69, 9.17) is 14.5 Å². The van der Waals surface area contributed by atoms with Crippen molar-refractivity contribution in [3.05, 3.63) is 66.0 Å². The monoisotopic (exact) mass is 542 g/mol. The van der Waals surface area contributed by atoms with Crippen LogP contribution >= 0.6 is 0 Å². The number of rotatable bonds is 5. The molecule has 2 aromatic carbocycles. The number of carbonyl (C=O) groups is 1. The van der Waals surface area contributed by atoms with E-state index in [1.807, 2.05) is 31.7 Å². The number of benzene rings is 2. The molecule has 3 heterocycles. The van der Waals surface area contributed by atoms with Crippen molar-refractivity contribution >= 4 is 17.1 Å². The highest BCUT2D eigenvalue weighted by Gasteiger charge is 2.72. The van der Waals surface area contributed by atoms with Gasteiger partial charge in [0.15, 0.2) is 0 Å². The summed E-state index contributed by atoms with van der Waals surface area (Å²) in [4.78, 5) is 22.6. The molecular formula is C33H42N4O3. The maximum atomic E-state index is 13.1. The van der Waals surface area contributed by atoms with E-state index < -0.39 is 11.2 Å². The largest absolute Gasteiger partial charge is 0.444 e. The highest BCUT2D eigenvalue weighted by molar-refractivity contribution is 5.76.